The highest BCUT2D eigenvalue weighted by atomic mass is 32.2. The van der Waals surface area contributed by atoms with Crippen LogP contribution in [0.25, 0.3) is 0 Å². The van der Waals surface area contributed by atoms with Crippen molar-refractivity contribution in [1.82, 2.24) is 9.62 Å². The molecule has 0 aromatic heterocycles. The number of anilines is 1. The molecule has 1 fully saturated rings. The number of rotatable bonds is 5. The average molecular weight is 369 g/mol. The van der Waals surface area contributed by atoms with Crippen LogP contribution in [0.3, 0.4) is 0 Å². The Morgan fingerprint density at radius 2 is 1.80 bits per heavy atom. The molecule has 25 heavy (non-hydrogen) atoms. The first-order valence-corrected chi connectivity index (χ1v) is 9.47. The summed E-state index contributed by atoms with van der Waals surface area (Å²) in [5.74, 6) is -1.13. The normalized spacial score (nSPS) is 20.9. The van der Waals surface area contributed by atoms with E-state index >= 15 is 0 Å². The monoisotopic (exact) mass is 369 g/mol. The van der Waals surface area contributed by atoms with Gasteiger partial charge in [0, 0.05) is 25.8 Å². The summed E-state index contributed by atoms with van der Waals surface area (Å²) in [5.41, 5.74) is 0.375. The highest BCUT2D eigenvalue weighted by Crippen LogP contribution is 2.24. The summed E-state index contributed by atoms with van der Waals surface area (Å²) in [5, 5.41) is 14.4. The van der Waals surface area contributed by atoms with Gasteiger partial charge in [0.15, 0.2) is 0 Å². The number of hydrogen-bond acceptors (Lipinski definition) is 4. The number of carbonyl (C=O) groups excluding carboxylic acids is 1. The fourth-order valence-corrected chi connectivity index (χ4v) is 3.73. The van der Waals surface area contributed by atoms with E-state index in [4.69, 9.17) is 5.11 Å². The molecule has 0 spiro atoms. The van der Waals surface area contributed by atoms with Crippen molar-refractivity contribution in [3.05, 3.63) is 24.3 Å². The Balaban J connectivity index is 1.94. The van der Waals surface area contributed by atoms with Crippen molar-refractivity contribution >= 4 is 27.7 Å². The van der Waals surface area contributed by atoms with Gasteiger partial charge in [-0.3, -0.25) is 4.79 Å². The van der Waals surface area contributed by atoms with E-state index in [-0.39, 0.29) is 16.9 Å². The first kappa shape index (κ1) is 19.2. The Kier molecular flexibility index (Phi) is 6.02. The van der Waals surface area contributed by atoms with Gasteiger partial charge in [-0.2, -0.15) is 0 Å². The summed E-state index contributed by atoms with van der Waals surface area (Å²) in [4.78, 5) is 23.1. The van der Waals surface area contributed by atoms with Crippen molar-refractivity contribution < 1.29 is 23.1 Å². The lowest BCUT2D eigenvalue weighted by molar-refractivity contribution is -0.142. The van der Waals surface area contributed by atoms with E-state index in [1.54, 1.807) is 12.1 Å². The van der Waals surface area contributed by atoms with Gasteiger partial charge in [0.05, 0.1) is 10.8 Å². The second-order valence-electron chi connectivity index (χ2n) is 6.30. The summed E-state index contributed by atoms with van der Waals surface area (Å²) in [6.07, 6.45) is 2.30. The lowest BCUT2D eigenvalue weighted by atomic mass is 9.86. The quantitative estimate of drug-likeness (QED) is 0.730. The predicted octanol–water partition coefficient (Wildman–Crippen LogP) is 1.70. The number of carboxylic acid groups (broad SMARTS) is 1. The molecule has 138 valence electrons. The molecule has 1 aromatic rings. The van der Waals surface area contributed by atoms with E-state index in [1.165, 1.54) is 26.2 Å². The number of hydrogen-bond donors (Lipinski definition) is 3. The van der Waals surface area contributed by atoms with Crippen LogP contribution in [-0.4, -0.2) is 50.0 Å². The summed E-state index contributed by atoms with van der Waals surface area (Å²) in [6.45, 7) is 0. The Morgan fingerprint density at radius 3 is 2.36 bits per heavy atom. The minimum atomic E-state index is -3.57. The van der Waals surface area contributed by atoms with E-state index in [9.17, 15) is 18.0 Å². The second-order valence-corrected chi connectivity index (χ2v) is 8.45. The summed E-state index contributed by atoms with van der Waals surface area (Å²) < 4.78 is 25.3. The number of amides is 2. The number of sulfonamides is 1. The third-order valence-electron chi connectivity index (χ3n) is 4.28. The van der Waals surface area contributed by atoms with Gasteiger partial charge in [-0.25, -0.2) is 17.5 Å². The summed E-state index contributed by atoms with van der Waals surface area (Å²) >= 11 is 0. The lowest BCUT2D eigenvalue weighted by Gasteiger charge is -2.26. The van der Waals surface area contributed by atoms with Gasteiger partial charge in [0.1, 0.15) is 0 Å². The molecule has 0 unspecified atom stereocenters. The van der Waals surface area contributed by atoms with Crippen LogP contribution in [0.5, 0.6) is 0 Å². The van der Waals surface area contributed by atoms with E-state index in [0.717, 1.165) is 4.31 Å². The molecule has 2 amide bonds. The van der Waals surface area contributed by atoms with Gasteiger partial charge in [0.25, 0.3) is 0 Å². The van der Waals surface area contributed by atoms with Crippen molar-refractivity contribution in [2.45, 2.75) is 36.6 Å². The molecule has 1 aliphatic carbocycles. The summed E-state index contributed by atoms with van der Waals surface area (Å²) in [6, 6.07) is 5.52. The van der Waals surface area contributed by atoms with Gasteiger partial charge in [0.2, 0.25) is 10.0 Å². The van der Waals surface area contributed by atoms with Gasteiger partial charge in [-0.05, 0) is 43.9 Å². The van der Waals surface area contributed by atoms with Gasteiger partial charge < -0.3 is 15.7 Å². The molecule has 0 heterocycles. The molecule has 1 aromatic carbocycles. The van der Waals surface area contributed by atoms with Crippen molar-refractivity contribution in [3.8, 4) is 0 Å². The van der Waals surface area contributed by atoms with Gasteiger partial charge >= 0.3 is 12.0 Å². The van der Waals surface area contributed by atoms with Crippen molar-refractivity contribution in [3.63, 3.8) is 0 Å². The molecule has 0 atom stereocenters. The van der Waals surface area contributed by atoms with Crippen LogP contribution in [0.15, 0.2) is 29.2 Å². The van der Waals surface area contributed by atoms with Crippen LogP contribution in [0.1, 0.15) is 25.7 Å². The fraction of sp³-hybridized carbons (Fsp3) is 0.500. The Hall–Kier alpha value is -2.13. The van der Waals surface area contributed by atoms with Crippen molar-refractivity contribution in [1.29, 1.82) is 0 Å². The third-order valence-corrected chi connectivity index (χ3v) is 6.09. The van der Waals surface area contributed by atoms with E-state index in [2.05, 4.69) is 10.6 Å². The second kappa shape index (κ2) is 7.83. The molecule has 0 aliphatic heterocycles. The number of carboxylic acids is 1. The van der Waals surface area contributed by atoms with Crippen LogP contribution in [0, 0.1) is 5.92 Å². The molecule has 1 aliphatic rings. The molecule has 3 N–H and O–H groups in total. The molecule has 0 bridgehead atoms. The fourth-order valence-electron chi connectivity index (χ4n) is 2.78. The Morgan fingerprint density at radius 1 is 1.16 bits per heavy atom. The smallest absolute Gasteiger partial charge is 0.319 e. The van der Waals surface area contributed by atoms with E-state index in [1.807, 2.05) is 0 Å². The standard InChI is InChI=1S/C16H23N3O5S/c1-19(2)25(23,24)14-5-3-4-13(10-14)18-16(22)17-12-8-6-11(7-9-12)15(20)21/h3-5,10-12H,6-9H2,1-2H3,(H,20,21)(H2,17,18,22). The van der Waals surface area contributed by atoms with Crippen molar-refractivity contribution in [2.24, 2.45) is 5.92 Å². The third kappa shape index (κ3) is 4.93. The van der Waals surface area contributed by atoms with Crippen LogP contribution < -0.4 is 10.6 Å². The van der Waals surface area contributed by atoms with Crippen LogP contribution in [-0.2, 0) is 14.8 Å². The van der Waals surface area contributed by atoms with E-state index in [0.29, 0.717) is 31.4 Å². The maximum Gasteiger partial charge on any atom is 0.319 e. The highest BCUT2D eigenvalue weighted by molar-refractivity contribution is 7.89. The molecular formula is C16H23N3O5S. The Labute approximate surface area is 147 Å². The number of aliphatic carboxylic acids is 1. The van der Waals surface area contributed by atoms with Gasteiger partial charge in [-0.15, -0.1) is 0 Å². The first-order chi connectivity index (χ1) is 11.7. The summed E-state index contributed by atoms with van der Waals surface area (Å²) in [7, 11) is -0.690. The minimum absolute atomic E-state index is 0.0794. The minimum Gasteiger partial charge on any atom is -0.481 e. The molecule has 0 saturated heterocycles. The number of urea groups is 1. The zero-order valence-corrected chi connectivity index (χ0v) is 15.0. The Bertz CT molecular complexity index is 740. The number of benzene rings is 1. The van der Waals surface area contributed by atoms with E-state index < -0.39 is 22.0 Å². The highest BCUT2D eigenvalue weighted by Gasteiger charge is 2.26. The molecule has 9 heteroatoms. The zero-order chi connectivity index (χ0) is 18.6. The predicted molar refractivity (Wildman–Crippen MR) is 92.9 cm³/mol. The molecule has 2 rings (SSSR count). The molecule has 0 radical (unpaired) electrons. The molecule has 1 saturated carbocycles. The number of carbonyl (C=O) groups is 2. The lowest BCUT2D eigenvalue weighted by Crippen LogP contribution is -2.41. The SMILES string of the molecule is CN(C)S(=O)(=O)c1cccc(NC(=O)NC2CCC(C(=O)O)CC2)c1. The largest absolute Gasteiger partial charge is 0.481 e. The number of nitrogens with one attached hydrogen (secondary N) is 2. The first-order valence-electron chi connectivity index (χ1n) is 8.03. The molecular weight excluding hydrogens is 346 g/mol. The maximum atomic E-state index is 12.1. The van der Waals surface area contributed by atoms with Crippen LogP contribution >= 0.6 is 0 Å². The topological polar surface area (TPSA) is 116 Å². The van der Waals surface area contributed by atoms with Crippen LogP contribution in [0.4, 0.5) is 10.5 Å². The van der Waals surface area contributed by atoms with Crippen LogP contribution in [0.2, 0.25) is 0 Å². The van der Waals surface area contributed by atoms with Crippen molar-refractivity contribution in [2.75, 3.05) is 19.4 Å². The number of nitrogens with zero attached hydrogens (tertiary/aromatic N) is 1. The van der Waals surface area contributed by atoms with Gasteiger partial charge in [-0.1, -0.05) is 6.07 Å². The average Bonchev–Trinajstić information content (AvgIpc) is 2.55. The zero-order valence-electron chi connectivity index (χ0n) is 14.2. The maximum absolute atomic E-state index is 12.1. The molecule has 8 nitrogen and oxygen atoms in total.